The Hall–Kier alpha value is -2.14. The maximum Gasteiger partial charge on any atom is 0.304 e. The Kier molecular flexibility index (Phi) is 4.14. The molecule has 2 rings (SSSR count). The van der Waals surface area contributed by atoms with Crippen LogP contribution < -0.4 is 10.0 Å². The second kappa shape index (κ2) is 5.69. The van der Waals surface area contributed by atoms with Crippen molar-refractivity contribution in [3.05, 3.63) is 28.4 Å². The van der Waals surface area contributed by atoms with Gasteiger partial charge in [-0.25, -0.2) is 8.42 Å². The van der Waals surface area contributed by atoms with Gasteiger partial charge in [-0.3, -0.25) is 19.5 Å². The fourth-order valence-electron chi connectivity index (χ4n) is 1.58. The predicted molar refractivity (Wildman–Crippen MR) is 79.2 cm³/mol. The van der Waals surface area contributed by atoms with Crippen LogP contribution in [0.4, 0.5) is 16.5 Å². The molecule has 9 nitrogen and oxygen atoms in total. The Morgan fingerprint density at radius 3 is 2.76 bits per heavy atom. The molecule has 0 bridgehead atoms. The molecule has 0 aliphatic carbocycles. The summed E-state index contributed by atoms with van der Waals surface area (Å²) in [5.74, 6) is 0.274. The molecule has 0 atom stereocenters. The first-order valence-electron chi connectivity index (χ1n) is 5.88. The number of anilines is 2. The van der Waals surface area contributed by atoms with Gasteiger partial charge in [0.05, 0.1) is 11.1 Å². The van der Waals surface area contributed by atoms with E-state index in [9.17, 15) is 18.5 Å². The van der Waals surface area contributed by atoms with E-state index in [-0.39, 0.29) is 20.7 Å². The third kappa shape index (κ3) is 3.13. The van der Waals surface area contributed by atoms with Gasteiger partial charge in [0.1, 0.15) is 10.0 Å². The van der Waals surface area contributed by atoms with Crippen LogP contribution >= 0.6 is 11.3 Å². The quantitative estimate of drug-likeness (QED) is 0.613. The van der Waals surface area contributed by atoms with Gasteiger partial charge in [-0.15, -0.1) is 0 Å². The summed E-state index contributed by atoms with van der Waals surface area (Å²) in [5.41, 5.74) is -0.257. The summed E-state index contributed by atoms with van der Waals surface area (Å²) in [6.07, 6.45) is 1.44. The molecule has 0 fully saturated rings. The molecule has 0 radical (unpaired) electrons. The topological polar surface area (TPSA) is 119 Å². The number of nitrogens with zero attached hydrogens (tertiary/aromatic N) is 3. The van der Waals surface area contributed by atoms with Crippen molar-refractivity contribution in [2.75, 3.05) is 16.6 Å². The van der Waals surface area contributed by atoms with Gasteiger partial charge in [-0.2, -0.15) is 5.10 Å². The molecule has 21 heavy (non-hydrogen) atoms. The zero-order valence-electron chi connectivity index (χ0n) is 11.2. The summed E-state index contributed by atoms with van der Waals surface area (Å²) in [6, 6.07) is 2.53. The third-order valence-corrected chi connectivity index (χ3v) is 5.46. The van der Waals surface area contributed by atoms with Crippen LogP contribution in [0.25, 0.3) is 0 Å². The Morgan fingerprint density at radius 2 is 2.24 bits per heavy atom. The highest BCUT2D eigenvalue weighted by Gasteiger charge is 2.26. The summed E-state index contributed by atoms with van der Waals surface area (Å²) in [6.45, 7) is 2.22. The van der Waals surface area contributed by atoms with Gasteiger partial charge in [0.15, 0.2) is 5.00 Å². The molecule has 0 amide bonds. The zero-order chi connectivity index (χ0) is 15.6. The molecular weight excluding hydrogens is 318 g/mol. The maximum absolute atomic E-state index is 12.3. The summed E-state index contributed by atoms with van der Waals surface area (Å²) >= 11 is 0.814. The van der Waals surface area contributed by atoms with Crippen molar-refractivity contribution in [2.24, 2.45) is 7.05 Å². The minimum atomic E-state index is -3.90. The van der Waals surface area contributed by atoms with Crippen LogP contribution in [0.3, 0.4) is 0 Å². The zero-order valence-corrected chi connectivity index (χ0v) is 12.9. The van der Waals surface area contributed by atoms with E-state index < -0.39 is 14.9 Å². The van der Waals surface area contributed by atoms with E-state index in [0.717, 1.165) is 17.4 Å². The largest absolute Gasteiger partial charge is 0.372 e. The number of nitro groups is 1. The highest BCUT2D eigenvalue weighted by Crippen LogP contribution is 2.37. The summed E-state index contributed by atoms with van der Waals surface area (Å²) < 4.78 is 28.1. The lowest BCUT2D eigenvalue weighted by atomic mass is 10.5. The Labute approximate surface area is 124 Å². The van der Waals surface area contributed by atoms with Crippen LogP contribution in [0, 0.1) is 10.1 Å². The van der Waals surface area contributed by atoms with E-state index in [0.29, 0.717) is 6.54 Å². The molecule has 0 saturated heterocycles. The highest BCUT2D eigenvalue weighted by atomic mass is 32.2. The molecule has 0 aliphatic rings. The highest BCUT2D eigenvalue weighted by molar-refractivity contribution is 7.94. The second-order valence-corrected chi connectivity index (χ2v) is 6.97. The molecule has 114 valence electrons. The van der Waals surface area contributed by atoms with Crippen molar-refractivity contribution in [3.8, 4) is 0 Å². The molecule has 0 aliphatic heterocycles. The van der Waals surface area contributed by atoms with Crippen molar-refractivity contribution in [2.45, 2.75) is 11.1 Å². The van der Waals surface area contributed by atoms with Gasteiger partial charge in [0, 0.05) is 25.7 Å². The summed E-state index contributed by atoms with van der Waals surface area (Å²) in [4.78, 5) is 10.3. The van der Waals surface area contributed by atoms with Crippen LogP contribution in [0.15, 0.2) is 22.5 Å². The fraction of sp³-hybridized carbons (Fsp3) is 0.300. The van der Waals surface area contributed by atoms with Crippen LogP contribution in [-0.2, 0) is 17.1 Å². The standard InChI is InChI=1S/C10H13N5O4S2/c1-3-11-10-7(15(16)17)6-9(20-10)21(18,19)13-8-4-5-12-14(8)2/h4-6,11,13H,3H2,1-2H3. The Morgan fingerprint density at radius 1 is 1.52 bits per heavy atom. The van der Waals surface area contributed by atoms with Gasteiger partial charge in [0.2, 0.25) is 0 Å². The number of thiophene rings is 1. The molecule has 2 aromatic heterocycles. The summed E-state index contributed by atoms with van der Waals surface area (Å²) in [7, 11) is -2.31. The minimum Gasteiger partial charge on any atom is -0.372 e. The Bertz CT molecular complexity index is 764. The molecule has 11 heteroatoms. The number of aryl methyl sites for hydroxylation is 1. The van der Waals surface area contributed by atoms with Crippen LogP contribution in [0.1, 0.15) is 6.92 Å². The van der Waals surface area contributed by atoms with Crippen molar-refractivity contribution in [1.82, 2.24) is 9.78 Å². The minimum absolute atomic E-state index is 0.133. The maximum atomic E-state index is 12.3. The third-order valence-electron chi connectivity index (χ3n) is 2.55. The first-order chi connectivity index (χ1) is 9.85. The van der Waals surface area contributed by atoms with Gasteiger partial charge in [0.25, 0.3) is 10.0 Å². The van der Waals surface area contributed by atoms with E-state index in [1.807, 2.05) is 0 Å². The first kappa shape index (κ1) is 15.3. The van der Waals surface area contributed by atoms with Gasteiger partial charge in [-0.05, 0) is 6.92 Å². The average molecular weight is 331 g/mol. The van der Waals surface area contributed by atoms with E-state index in [1.54, 1.807) is 14.0 Å². The summed E-state index contributed by atoms with van der Waals surface area (Å²) in [5, 5.41) is 17.8. The molecule has 0 saturated carbocycles. The van der Waals surface area contributed by atoms with E-state index in [4.69, 9.17) is 0 Å². The monoisotopic (exact) mass is 331 g/mol. The molecule has 2 aromatic rings. The number of nitrogens with one attached hydrogen (secondary N) is 2. The van der Waals surface area contributed by atoms with E-state index in [2.05, 4.69) is 15.1 Å². The number of hydrogen-bond acceptors (Lipinski definition) is 7. The van der Waals surface area contributed by atoms with Crippen LogP contribution in [0.5, 0.6) is 0 Å². The lowest BCUT2D eigenvalue weighted by Crippen LogP contribution is -2.14. The van der Waals surface area contributed by atoms with Crippen molar-refractivity contribution in [1.29, 1.82) is 0 Å². The molecule has 0 spiro atoms. The van der Waals surface area contributed by atoms with E-state index in [1.165, 1.54) is 16.9 Å². The molecular formula is C10H13N5O4S2. The molecule has 2 N–H and O–H groups in total. The van der Waals surface area contributed by atoms with E-state index >= 15 is 0 Å². The second-order valence-electron chi connectivity index (χ2n) is 4.01. The normalized spacial score (nSPS) is 11.3. The number of rotatable bonds is 6. The fourth-order valence-corrected chi connectivity index (χ4v) is 4.06. The van der Waals surface area contributed by atoms with Gasteiger partial charge < -0.3 is 5.32 Å². The predicted octanol–water partition coefficient (Wildman–Crippen LogP) is 1.62. The smallest absolute Gasteiger partial charge is 0.304 e. The van der Waals surface area contributed by atoms with Crippen LogP contribution in [0.2, 0.25) is 0 Å². The number of sulfonamides is 1. The molecule has 0 unspecified atom stereocenters. The van der Waals surface area contributed by atoms with Crippen molar-refractivity contribution < 1.29 is 13.3 Å². The van der Waals surface area contributed by atoms with Crippen molar-refractivity contribution >= 4 is 37.9 Å². The number of aromatic nitrogens is 2. The van der Waals surface area contributed by atoms with Crippen molar-refractivity contribution in [3.63, 3.8) is 0 Å². The van der Waals surface area contributed by atoms with Gasteiger partial charge >= 0.3 is 5.69 Å². The van der Waals surface area contributed by atoms with Crippen LogP contribution in [-0.4, -0.2) is 29.7 Å². The number of hydrogen-bond donors (Lipinski definition) is 2. The van der Waals surface area contributed by atoms with Gasteiger partial charge in [-0.1, -0.05) is 11.3 Å². The first-order valence-corrected chi connectivity index (χ1v) is 8.18. The lowest BCUT2D eigenvalue weighted by molar-refractivity contribution is -0.383. The molecule has 2 heterocycles. The average Bonchev–Trinajstić information content (AvgIpc) is 2.97. The lowest BCUT2D eigenvalue weighted by Gasteiger charge is -2.05. The molecule has 0 aromatic carbocycles. The Balaban J connectivity index is 2.38. The SMILES string of the molecule is CCNc1sc(S(=O)(=O)Nc2ccnn2C)cc1[N+](=O)[O-].